The van der Waals surface area contributed by atoms with Gasteiger partial charge in [-0.05, 0) is 36.4 Å². The van der Waals surface area contributed by atoms with Crippen LogP contribution in [0.15, 0.2) is 45.1 Å². The predicted octanol–water partition coefficient (Wildman–Crippen LogP) is 3.48. The van der Waals surface area contributed by atoms with E-state index < -0.39 is 10.0 Å². The van der Waals surface area contributed by atoms with Gasteiger partial charge in [-0.2, -0.15) is 4.98 Å². The molecule has 3 aromatic rings. The highest BCUT2D eigenvalue weighted by Gasteiger charge is 2.30. The summed E-state index contributed by atoms with van der Waals surface area (Å²) in [6, 6.07) is 8.12. The number of nitrogens with one attached hydrogen (secondary N) is 1. The molecule has 25 heavy (non-hydrogen) atoms. The van der Waals surface area contributed by atoms with Crippen molar-refractivity contribution >= 4 is 27.0 Å². The number of nitrogens with zero attached hydrogens (tertiary/aromatic N) is 2. The van der Waals surface area contributed by atoms with Crippen LogP contribution in [0.25, 0.3) is 10.8 Å². The van der Waals surface area contributed by atoms with Crippen molar-refractivity contribution in [2.75, 3.05) is 11.8 Å². The van der Waals surface area contributed by atoms with E-state index in [0.717, 1.165) is 12.8 Å². The minimum atomic E-state index is -3.81. The first-order valence-corrected chi connectivity index (χ1v) is 10.0. The monoisotopic (exact) mass is 377 g/mol. The second-order valence-electron chi connectivity index (χ2n) is 5.65. The lowest BCUT2D eigenvalue weighted by Gasteiger charge is -2.11. The molecule has 7 nitrogen and oxygen atoms in total. The molecule has 1 aliphatic carbocycles. The van der Waals surface area contributed by atoms with E-state index in [1.807, 2.05) is 0 Å². The van der Waals surface area contributed by atoms with Crippen LogP contribution in [0.5, 0.6) is 5.75 Å². The molecule has 0 aliphatic heterocycles. The fraction of sp³-hybridized carbons (Fsp3) is 0.250. The molecule has 2 aromatic heterocycles. The molecule has 0 unspecified atom stereocenters. The van der Waals surface area contributed by atoms with Crippen molar-refractivity contribution in [2.24, 2.45) is 0 Å². The SMILES string of the molecule is COc1ccccc1S(=O)(=O)Nc1ccsc1-c1nc(C2CC2)no1. The molecular weight excluding hydrogens is 362 g/mol. The van der Waals surface area contributed by atoms with E-state index >= 15 is 0 Å². The Morgan fingerprint density at radius 1 is 1.28 bits per heavy atom. The molecule has 2 heterocycles. The number of hydrogen-bond donors (Lipinski definition) is 1. The van der Waals surface area contributed by atoms with E-state index in [4.69, 9.17) is 9.26 Å². The summed E-state index contributed by atoms with van der Waals surface area (Å²) in [6.45, 7) is 0. The van der Waals surface area contributed by atoms with Crippen molar-refractivity contribution in [2.45, 2.75) is 23.7 Å². The zero-order valence-corrected chi connectivity index (χ0v) is 14.9. The molecule has 0 saturated heterocycles. The van der Waals surface area contributed by atoms with Gasteiger partial charge in [-0.3, -0.25) is 4.72 Å². The summed E-state index contributed by atoms with van der Waals surface area (Å²) in [5.74, 6) is 1.66. The van der Waals surface area contributed by atoms with Crippen LogP contribution in [-0.4, -0.2) is 25.7 Å². The smallest absolute Gasteiger partial charge is 0.270 e. The van der Waals surface area contributed by atoms with Crippen molar-refractivity contribution in [3.63, 3.8) is 0 Å². The molecule has 1 N–H and O–H groups in total. The van der Waals surface area contributed by atoms with Crippen molar-refractivity contribution in [3.8, 4) is 16.5 Å². The number of thiophene rings is 1. The molecule has 0 radical (unpaired) electrons. The molecule has 0 amide bonds. The molecule has 130 valence electrons. The van der Waals surface area contributed by atoms with Gasteiger partial charge < -0.3 is 9.26 Å². The number of benzene rings is 1. The molecule has 1 fully saturated rings. The van der Waals surface area contributed by atoms with E-state index in [1.165, 1.54) is 24.5 Å². The van der Waals surface area contributed by atoms with Gasteiger partial charge >= 0.3 is 0 Å². The first kappa shape index (κ1) is 16.1. The molecule has 9 heteroatoms. The predicted molar refractivity (Wildman–Crippen MR) is 93.4 cm³/mol. The van der Waals surface area contributed by atoms with Crippen LogP contribution in [0.1, 0.15) is 24.6 Å². The van der Waals surface area contributed by atoms with Crippen molar-refractivity contribution in [1.82, 2.24) is 10.1 Å². The molecule has 0 bridgehead atoms. The van der Waals surface area contributed by atoms with Crippen LogP contribution < -0.4 is 9.46 Å². The maximum Gasteiger partial charge on any atom is 0.270 e. The number of rotatable bonds is 6. The number of hydrogen-bond acceptors (Lipinski definition) is 7. The van der Waals surface area contributed by atoms with Crippen LogP contribution in [-0.2, 0) is 10.0 Å². The van der Waals surface area contributed by atoms with E-state index in [-0.39, 0.29) is 10.6 Å². The first-order chi connectivity index (χ1) is 12.1. The zero-order valence-electron chi connectivity index (χ0n) is 13.3. The van der Waals surface area contributed by atoms with E-state index in [9.17, 15) is 8.42 Å². The number of aromatic nitrogens is 2. The summed E-state index contributed by atoms with van der Waals surface area (Å²) in [7, 11) is -2.38. The zero-order chi connectivity index (χ0) is 17.4. The number of anilines is 1. The average molecular weight is 377 g/mol. The summed E-state index contributed by atoms with van der Waals surface area (Å²) in [6.07, 6.45) is 2.13. The van der Waals surface area contributed by atoms with Gasteiger partial charge in [0, 0.05) is 5.92 Å². The first-order valence-electron chi connectivity index (χ1n) is 7.66. The van der Waals surface area contributed by atoms with Gasteiger partial charge in [0.05, 0.1) is 12.8 Å². The average Bonchev–Trinajstić information content (AvgIpc) is 3.17. The van der Waals surface area contributed by atoms with Gasteiger partial charge in [0.25, 0.3) is 15.9 Å². The van der Waals surface area contributed by atoms with Gasteiger partial charge in [0.1, 0.15) is 15.5 Å². The Labute approximate surface area is 148 Å². The summed E-state index contributed by atoms with van der Waals surface area (Å²) in [4.78, 5) is 5.05. The normalized spacial score (nSPS) is 14.4. The highest BCUT2D eigenvalue weighted by Crippen LogP contribution is 2.40. The molecule has 1 aliphatic rings. The quantitative estimate of drug-likeness (QED) is 0.707. The fourth-order valence-corrected chi connectivity index (χ4v) is 4.51. The third-order valence-electron chi connectivity index (χ3n) is 3.85. The van der Waals surface area contributed by atoms with E-state index in [0.29, 0.717) is 28.2 Å². The summed E-state index contributed by atoms with van der Waals surface area (Å²) in [5, 5.41) is 5.75. The molecule has 1 saturated carbocycles. The van der Waals surface area contributed by atoms with Crippen LogP contribution in [0.3, 0.4) is 0 Å². The number of sulfonamides is 1. The highest BCUT2D eigenvalue weighted by molar-refractivity contribution is 7.92. The second kappa shape index (κ2) is 6.16. The third-order valence-corrected chi connectivity index (χ3v) is 6.15. The number of ether oxygens (including phenoxy) is 1. The Kier molecular flexibility index (Phi) is 3.97. The summed E-state index contributed by atoms with van der Waals surface area (Å²) in [5.41, 5.74) is 0.405. The Morgan fingerprint density at radius 3 is 2.84 bits per heavy atom. The number of para-hydroxylation sites is 1. The molecule has 4 rings (SSSR count). The van der Waals surface area contributed by atoms with Gasteiger partial charge in [-0.1, -0.05) is 17.3 Å². The Balaban J connectivity index is 1.66. The van der Waals surface area contributed by atoms with E-state index in [2.05, 4.69) is 14.9 Å². The fourth-order valence-electron chi connectivity index (χ4n) is 2.43. The third kappa shape index (κ3) is 3.12. The Bertz CT molecular complexity index is 1010. The van der Waals surface area contributed by atoms with Crippen LogP contribution >= 0.6 is 11.3 Å². The van der Waals surface area contributed by atoms with Gasteiger partial charge in [0.15, 0.2) is 5.82 Å². The minimum absolute atomic E-state index is 0.0684. The summed E-state index contributed by atoms with van der Waals surface area (Å²) < 4.78 is 38.5. The molecule has 1 aromatic carbocycles. The lowest BCUT2D eigenvalue weighted by molar-refractivity contribution is 0.403. The van der Waals surface area contributed by atoms with Crippen molar-refractivity contribution in [1.29, 1.82) is 0 Å². The lowest BCUT2D eigenvalue weighted by Crippen LogP contribution is -2.14. The van der Waals surface area contributed by atoms with Crippen LogP contribution in [0.4, 0.5) is 5.69 Å². The second-order valence-corrected chi connectivity index (χ2v) is 8.22. The van der Waals surface area contributed by atoms with Gasteiger partial charge in [0.2, 0.25) is 0 Å². The van der Waals surface area contributed by atoms with Gasteiger partial charge in [-0.15, -0.1) is 11.3 Å². The van der Waals surface area contributed by atoms with E-state index in [1.54, 1.807) is 29.6 Å². The van der Waals surface area contributed by atoms with Crippen molar-refractivity contribution < 1.29 is 17.7 Å². The number of methoxy groups -OCH3 is 1. The molecule has 0 atom stereocenters. The molecule has 0 spiro atoms. The summed E-state index contributed by atoms with van der Waals surface area (Å²) >= 11 is 1.34. The highest BCUT2D eigenvalue weighted by atomic mass is 32.2. The topological polar surface area (TPSA) is 94.3 Å². The Hall–Kier alpha value is -2.39. The lowest BCUT2D eigenvalue weighted by atomic mass is 10.3. The minimum Gasteiger partial charge on any atom is -0.495 e. The van der Waals surface area contributed by atoms with Crippen molar-refractivity contribution in [3.05, 3.63) is 41.5 Å². The molecular formula is C16H15N3O4S2. The van der Waals surface area contributed by atoms with Crippen LogP contribution in [0, 0.1) is 0 Å². The van der Waals surface area contributed by atoms with Crippen LogP contribution in [0.2, 0.25) is 0 Å². The standard InChI is InChI=1S/C16H15N3O4S2/c1-22-12-4-2-3-5-13(12)25(20,21)19-11-8-9-24-14(11)16-17-15(18-23-16)10-6-7-10/h2-5,8-10,19H,6-7H2,1H3. The van der Waals surface area contributed by atoms with Gasteiger partial charge in [-0.25, -0.2) is 8.42 Å². The largest absolute Gasteiger partial charge is 0.495 e. The maximum absolute atomic E-state index is 12.7. The Morgan fingerprint density at radius 2 is 2.08 bits per heavy atom. The maximum atomic E-state index is 12.7.